The molecule has 2 N–H and O–H groups in total. The number of carboxylic acids is 1. The molecule has 0 aliphatic heterocycles. The van der Waals surface area contributed by atoms with Crippen molar-refractivity contribution in [1.29, 1.82) is 0 Å². The molecule has 0 rings (SSSR count). The van der Waals surface area contributed by atoms with Crippen molar-refractivity contribution in [1.82, 2.24) is 5.32 Å². The largest absolute Gasteiger partial charge is 0.480 e. The molecule has 0 aromatic carbocycles. The lowest BCUT2D eigenvalue weighted by atomic mass is 10.3. The van der Waals surface area contributed by atoms with Gasteiger partial charge in [0.05, 0.1) is 6.10 Å². The maximum absolute atomic E-state index is 10.3. The summed E-state index contributed by atoms with van der Waals surface area (Å²) >= 11 is 0. The van der Waals surface area contributed by atoms with Crippen LogP contribution in [0, 0.1) is 0 Å². The third-order valence-corrected chi connectivity index (χ3v) is 1.48. The Morgan fingerprint density at radius 1 is 1.64 bits per heavy atom. The van der Waals surface area contributed by atoms with Gasteiger partial charge in [-0.3, -0.25) is 4.79 Å². The van der Waals surface area contributed by atoms with E-state index in [-0.39, 0.29) is 6.10 Å². The van der Waals surface area contributed by atoms with E-state index in [9.17, 15) is 4.79 Å². The summed E-state index contributed by atoms with van der Waals surface area (Å²) in [7, 11) is 1.60. The summed E-state index contributed by atoms with van der Waals surface area (Å²) in [6, 6.07) is -0.507. The van der Waals surface area contributed by atoms with Gasteiger partial charge in [0.25, 0.3) is 0 Å². The summed E-state index contributed by atoms with van der Waals surface area (Å²) in [6.07, 6.45) is 0.0526. The highest BCUT2D eigenvalue weighted by Crippen LogP contribution is 1.86. The van der Waals surface area contributed by atoms with E-state index in [0.29, 0.717) is 6.54 Å². The van der Waals surface area contributed by atoms with Crippen LogP contribution in [0.15, 0.2) is 0 Å². The SMILES string of the molecule is COC(C)CN[C@@H](C)C(=O)O. The quantitative estimate of drug-likeness (QED) is 0.599. The lowest BCUT2D eigenvalue weighted by Crippen LogP contribution is -2.38. The lowest BCUT2D eigenvalue weighted by Gasteiger charge is -2.13. The second kappa shape index (κ2) is 5.09. The number of hydrogen-bond donors (Lipinski definition) is 2. The molecular formula is C7H15NO3. The van der Waals surface area contributed by atoms with Gasteiger partial charge >= 0.3 is 5.97 Å². The Kier molecular flexibility index (Phi) is 4.81. The fraction of sp³-hybridized carbons (Fsp3) is 0.857. The molecule has 0 amide bonds. The van der Waals surface area contributed by atoms with Crippen molar-refractivity contribution in [3.63, 3.8) is 0 Å². The second-order valence-electron chi connectivity index (χ2n) is 2.51. The Balaban J connectivity index is 3.45. The van der Waals surface area contributed by atoms with E-state index in [4.69, 9.17) is 9.84 Å². The third-order valence-electron chi connectivity index (χ3n) is 1.48. The first-order chi connectivity index (χ1) is 5.07. The summed E-state index contributed by atoms with van der Waals surface area (Å²) < 4.78 is 4.92. The van der Waals surface area contributed by atoms with Crippen LogP contribution in [-0.2, 0) is 9.53 Å². The van der Waals surface area contributed by atoms with Gasteiger partial charge in [0.2, 0.25) is 0 Å². The smallest absolute Gasteiger partial charge is 0.320 e. The molecule has 0 saturated carbocycles. The minimum absolute atomic E-state index is 0.0526. The van der Waals surface area contributed by atoms with Crippen LogP contribution < -0.4 is 5.32 Å². The molecule has 2 atom stereocenters. The number of ether oxygens (including phenoxy) is 1. The van der Waals surface area contributed by atoms with Crippen molar-refractivity contribution < 1.29 is 14.6 Å². The summed E-state index contributed by atoms with van der Waals surface area (Å²) in [4.78, 5) is 10.3. The maximum Gasteiger partial charge on any atom is 0.320 e. The molecule has 11 heavy (non-hydrogen) atoms. The minimum Gasteiger partial charge on any atom is -0.480 e. The average Bonchev–Trinajstić information content (AvgIpc) is 1.99. The molecular weight excluding hydrogens is 146 g/mol. The Bertz CT molecular complexity index is 127. The van der Waals surface area contributed by atoms with Crippen LogP contribution in [0.2, 0.25) is 0 Å². The Morgan fingerprint density at radius 2 is 2.18 bits per heavy atom. The molecule has 0 aliphatic rings. The van der Waals surface area contributed by atoms with Crippen molar-refractivity contribution in [3.8, 4) is 0 Å². The maximum atomic E-state index is 10.3. The zero-order valence-electron chi connectivity index (χ0n) is 7.13. The standard InChI is InChI=1S/C7H15NO3/c1-5(11-3)4-8-6(2)7(9)10/h5-6,8H,4H2,1-3H3,(H,9,10)/t5?,6-/m0/s1. The van der Waals surface area contributed by atoms with Gasteiger partial charge in [-0.2, -0.15) is 0 Å². The Morgan fingerprint density at radius 3 is 2.55 bits per heavy atom. The minimum atomic E-state index is -0.840. The molecule has 0 aliphatic carbocycles. The number of rotatable bonds is 5. The van der Waals surface area contributed by atoms with Crippen LogP contribution in [0.1, 0.15) is 13.8 Å². The predicted octanol–water partition coefficient (Wildman–Crippen LogP) is 0.0840. The normalized spacial score (nSPS) is 15.9. The van der Waals surface area contributed by atoms with E-state index in [2.05, 4.69) is 5.32 Å². The second-order valence-corrected chi connectivity index (χ2v) is 2.51. The number of hydrogen-bond acceptors (Lipinski definition) is 3. The first-order valence-corrected chi connectivity index (χ1v) is 3.57. The predicted molar refractivity (Wildman–Crippen MR) is 41.6 cm³/mol. The van der Waals surface area contributed by atoms with Gasteiger partial charge in [0.1, 0.15) is 6.04 Å². The van der Waals surface area contributed by atoms with Crippen LogP contribution in [0.25, 0.3) is 0 Å². The Labute approximate surface area is 66.5 Å². The summed E-state index contributed by atoms with van der Waals surface area (Å²) in [5, 5.41) is 11.3. The van der Waals surface area contributed by atoms with Crippen molar-refractivity contribution in [2.45, 2.75) is 26.0 Å². The lowest BCUT2D eigenvalue weighted by molar-refractivity contribution is -0.139. The van der Waals surface area contributed by atoms with Gasteiger partial charge in [-0.1, -0.05) is 0 Å². The highest BCUT2D eigenvalue weighted by molar-refractivity contribution is 5.72. The first kappa shape index (κ1) is 10.4. The van der Waals surface area contributed by atoms with Gasteiger partial charge in [0.15, 0.2) is 0 Å². The zero-order chi connectivity index (χ0) is 8.85. The number of carboxylic acid groups (broad SMARTS) is 1. The number of aliphatic carboxylic acids is 1. The van der Waals surface area contributed by atoms with E-state index in [0.717, 1.165) is 0 Å². The number of nitrogens with one attached hydrogen (secondary N) is 1. The van der Waals surface area contributed by atoms with Crippen LogP contribution >= 0.6 is 0 Å². The van der Waals surface area contributed by atoms with Gasteiger partial charge in [-0.15, -0.1) is 0 Å². The van der Waals surface area contributed by atoms with Crippen molar-refractivity contribution >= 4 is 5.97 Å². The van der Waals surface area contributed by atoms with Gasteiger partial charge in [-0.05, 0) is 13.8 Å². The zero-order valence-corrected chi connectivity index (χ0v) is 7.13. The molecule has 0 aromatic heterocycles. The molecule has 4 nitrogen and oxygen atoms in total. The molecule has 4 heteroatoms. The van der Waals surface area contributed by atoms with Crippen LogP contribution in [0.3, 0.4) is 0 Å². The molecule has 0 spiro atoms. The van der Waals surface area contributed by atoms with Crippen molar-refractivity contribution in [2.24, 2.45) is 0 Å². The average molecular weight is 161 g/mol. The van der Waals surface area contributed by atoms with E-state index in [1.165, 1.54) is 0 Å². The van der Waals surface area contributed by atoms with Crippen LogP contribution in [0.5, 0.6) is 0 Å². The molecule has 0 heterocycles. The van der Waals surface area contributed by atoms with Gasteiger partial charge < -0.3 is 15.2 Å². The number of carbonyl (C=O) groups is 1. The first-order valence-electron chi connectivity index (χ1n) is 3.57. The molecule has 0 aromatic rings. The van der Waals surface area contributed by atoms with Crippen LogP contribution in [0.4, 0.5) is 0 Å². The summed E-state index contributed by atoms with van der Waals surface area (Å²) in [5.41, 5.74) is 0. The Hall–Kier alpha value is -0.610. The topological polar surface area (TPSA) is 58.6 Å². The number of methoxy groups -OCH3 is 1. The molecule has 0 fully saturated rings. The third kappa shape index (κ3) is 4.75. The fourth-order valence-corrected chi connectivity index (χ4v) is 0.513. The van der Waals surface area contributed by atoms with E-state index < -0.39 is 12.0 Å². The van der Waals surface area contributed by atoms with E-state index in [1.807, 2.05) is 6.92 Å². The molecule has 0 radical (unpaired) electrons. The van der Waals surface area contributed by atoms with Gasteiger partial charge in [0, 0.05) is 13.7 Å². The monoisotopic (exact) mass is 161 g/mol. The van der Waals surface area contributed by atoms with Crippen LogP contribution in [-0.4, -0.2) is 36.9 Å². The molecule has 1 unspecified atom stereocenters. The van der Waals surface area contributed by atoms with Crippen molar-refractivity contribution in [3.05, 3.63) is 0 Å². The molecule has 0 saturated heterocycles. The van der Waals surface area contributed by atoms with Crippen molar-refractivity contribution in [2.75, 3.05) is 13.7 Å². The highest BCUT2D eigenvalue weighted by atomic mass is 16.5. The summed E-state index contributed by atoms with van der Waals surface area (Å²) in [5.74, 6) is -0.840. The molecule has 0 bridgehead atoms. The molecule has 66 valence electrons. The fourth-order valence-electron chi connectivity index (χ4n) is 0.513. The summed E-state index contributed by atoms with van der Waals surface area (Å²) in [6.45, 7) is 4.04. The van der Waals surface area contributed by atoms with Gasteiger partial charge in [-0.25, -0.2) is 0 Å². The highest BCUT2D eigenvalue weighted by Gasteiger charge is 2.10. The van der Waals surface area contributed by atoms with E-state index in [1.54, 1.807) is 14.0 Å². The van der Waals surface area contributed by atoms with E-state index >= 15 is 0 Å².